The number of alkyl carbamates (subject to hydrolysis) is 1. The SMILES string of the molecule is COc1cccc([C@@H](CC(=O)O)NC(=O)OC(C)(C)C)c1OC. The van der Waals surface area contributed by atoms with E-state index < -0.39 is 23.7 Å². The maximum atomic E-state index is 12.0. The second kappa shape index (κ2) is 7.71. The van der Waals surface area contributed by atoms with Crippen molar-refractivity contribution in [3.05, 3.63) is 23.8 Å². The van der Waals surface area contributed by atoms with E-state index in [1.165, 1.54) is 14.2 Å². The number of benzene rings is 1. The van der Waals surface area contributed by atoms with E-state index in [-0.39, 0.29) is 6.42 Å². The summed E-state index contributed by atoms with van der Waals surface area (Å²) in [4.78, 5) is 23.1. The molecule has 0 unspecified atom stereocenters. The number of ether oxygens (including phenoxy) is 3. The van der Waals surface area contributed by atoms with Gasteiger partial charge in [-0.25, -0.2) is 4.79 Å². The van der Waals surface area contributed by atoms with Crippen LogP contribution in [-0.4, -0.2) is 37.0 Å². The molecule has 0 spiro atoms. The van der Waals surface area contributed by atoms with Crippen LogP contribution >= 0.6 is 0 Å². The Kier molecular flexibility index (Phi) is 6.24. The topological polar surface area (TPSA) is 94.1 Å². The summed E-state index contributed by atoms with van der Waals surface area (Å²) >= 11 is 0. The Morgan fingerprint density at radius 3 is 2.35 bits per heavy atom. The molecule has 128 valence electrons. The highest BCUT2D eigenvalue weighted by Gasteiger charge is 2.26. The van der Waals surface area contributed by atoms with Gasteiger partial charge in [-0.15, -0.1) is 0 Å². The minimum atomic E-state index is -1.06. The Balaban J connectivity index is 3.12. The van der Waals surface area contributed by atoms with Gasteiger partial charge in [0.05, 0.1) is 26.7 Å². The fourth-order valence-corrected chi connectivity index (χ4v) is 2.05. The highest BCUT2D eigenvalue weighted by Crippen LogP contribution is 2.35. The predicted molar refractivity (Wildman–Crippen MR) is 83.9 cm³/mol. The van der Waals surface area contributed by atoms with Crippen molar-refractivity contribution in [3.8, 4) is 11.5 Å². The summed E-state index contributed by atoms with van der Waals surface area (Å²) in [6.07, 6.45) is -1.02. The number of rotatable bonds is 6. The molecule has 0 aliphatic heterocycles. The van der Waals surface area contributed by atoms with Crippen LogP contribution in [0.3, 0.4) is 0 Å². The highest BCUT2D eigenvalue weighted by atomic mass is 16.6. The average Bonchev–Trinajstić information content (AvgIpc) is 2.43. The smallest absolute Gasteiger partial charge is 0.408 e. The molecule has 0 bridgehead atoms. The van der Waals surface area contributed by atoms with Gasteiger partial charge in [0.15, 0.2) is 11.5 Å². The second-order valence-corrected chi connectivity index (χ2v) is 5.88. The zero-order chi connectivity index (χ0) is 17.6. The van der Waals surface area contributed by atoms with Gasteiger partial charge in [0.2, 0.25) is 0 Å². The van der Waals surface area contributed by atoms with Crippen LogP contribution in [0.2, 0.25) is 0 Å². The number of nitrogens with one attached hydrogen (secondary N) is 1. The van der Waals surface area contributed by atoms with Gasteiger partial charge in [-0.05, 0) is 26.8 Å². The fraction of sp³-hybridized carbons (Fsp3) is 0.500. The fourth-order valence-electron chi connectivity index (χ4n) is 2.05. The van der Waals surface area contributed by atoms with Gasteiger partial charge >= 0.3 is 12.1 Å². The quantitative estimate of drug-likeness (QED) is 0.835. The number of carbonyl (C=O) groups is 2. The van der Waals surface area contributed by atoms with E-state index >= 15 is 0 Å². The normalized spacial score (nSPS) is 12.2. The van der Waals surface area contributed by atoms with Crippen LogP contribution in [0.15, 0.2) is 18.2 Å². The van der Waals surface area contributed by atoms with E-state index in [9.17, 15) is 9.59 Å². The van der Waals surface area contributed by atoms with Gasteiger partial charge in [0.25, 0.3) is 0 Å². The van der Waals surface area contributed by atoms with Crippen molar-refractivity contribution < 1.29 is 28.9 Å². The highest BCUT2D eigenvalue weighted by molar-refractivity contribution is 5.73. The molecule has 1 aromatic carbocycles. The summed E-state index contributed by atoms with van der Waals surface area (Å²) in [6, 6.07) is 4.25. The van der Waals surface area contributed by atoms with Gasteiger partial charge in [-0.3, -0.25) is 4.79 Å². The van der Waals surface area contributed by atoms with E-state index in [0.29, 0.717) is 17.1 Å². The van der Waals surface area contributed by atoms with E-state index in [2.05, 4.69) is 5.32 Å². The molecule has 0 aliphatic carbocycles. The van der Waals surface area contributed by atoms with Crippen molar-refractivity contribution in [1.82, 2.24) is 5.32 Å². The van der Waals surface area contributed by atoms with Gasteiger partial charge < -0.3 is 24.6 Å². The zero-order valence-electron chi connectivity index (χ0n) is 14.0. The average molecular weight is 325 g/mol. The molecular formula is C16H23NO6. The van der Waals surface area contributed by atoms with E-state index in [4.69, 9.17) is 19.3 Å². The lowest BCUT2D eigenvalue weighted by Gasteiger charge is -2.24. The molecule has 0 saturated heterocycles. The molecule has 1 rings (SSSR count). The standard InChI is InChI=1S/C16H23NO6/c1-16(2,3)23-15(20)17-11(9-13(18)19)10-7-6-8-12(21-4)14(10)22-5/h6-8,11H,9H2,1-5H3,(H,17,20)(H,18,19)/t11-/m1/s1. The minimum absolute atomic E-state index is 0.317. The van der Waals surface area contributed by atoms with E-state index in [1.54, 1.807) is 39.0 Å². The summed E-state index contributed by atoms with van der Waals surface area (Å²) in [5.41, 5.74) is -0.184. The lowest BCUT2D eigenvalue weighted by atomic mass is 10.0. The predicted octanol–water partition coefficient (Wildman–Crippen LogP) is 2.74. The van der Waals surface area contributed by atoms with Crippen LogP contribution in [0.25, 0.3) is 0 Å². The van der Waals surface area contributed by atoms with Gasteiger partial charge in [-0.1, -0.05) is 12.1 Å². The van der Waals surface area contributed by atoms with Crippen molar-refractivity contribution in [1.29, 1.82) is 0 Å². The van der Waals surface area contributed by atoms with Crippen molar-refractivity contribution in [2.75, 3.05) is 14.2 Å². The summed E-state index contributed by atoms with van der Waals surface area (Å²) in [5.74, 6) is -0.236. The molecule has 0 aliphatic rings. The number of aliphatic carboxylic acids is 1. The van der Waals surface area contributed by atoms with Gasteiger partial charge in [-0.2, -0.15) is 0 Å². The summed E-state index contributed by atoms with van der Waals surface area (Å²) in [5, 5.41) is 11.7. The van der Waals surface area contributed by atoms with Crippen molar-refractivity contribution in [2.24, 2.45) is 0 Å². The molecule has 1 atom stereocenters. The van der Waals surface area contributed by atoms with Crippen LogP contribution in [0, 0.1) is 0 Å². The Labute approximate surface area is 135 Å². The van der Waals surface area contributed by atoms with Crippen molar-refractivity contribution in [3.63, 3.8) is 0 Å². The zero-order valence-corrected chi connectivity index (χ0v) is 14.0. The van der Waals surface area contributed by atoms with Crippen LogP contribution in [0.1, 0.15) is 38.8 Å². The van der Waals surface area contributed by atoms with E-state index in [0.717, 1.165) is 0 Å². The molecule has 1 aromatic rings. The number of carboxylic acids is 1. The molecule has 2 N–H and O–H groups in total. The molecule has 0 radical (unpaired) electrons. The first kappa shape index (κ1) is 18.6. The lowest BCUT2D eigenvalue weighted by molar-refractivity contribution is -0.137. The number of carboxylic acid groups (broad SMARTS) is 1. The van der Waals surface area contributed by atoms with Gasteiger partial charge in [0.1, 0.15) is 5.60 Å². The molecular weight excluding hydrogens is 302 g/mol. The minimum Gasteiger partial charge on any atom is -0.493 e. The Hall–Kier alpha value is -2.44. The summed E-state index contributed by atoms with van der Waals surface area (Å²) in [7, 11) is 2.93. The molecule has 0 heterocycles. The largest absolute Gasteiger partial charge is 0.493 e. The van der Waals surface area contributed by atoms with E-state index in [1.807, 2.05) is 0 Å². The number of carbonyl (C=O) groups excluding carboxylic acids is 1. The number of amides is 1. The van der Waals surface area contributed by atoms with Crippen molar-refractivity contribution >= 4 is 12.1 Å². The third-order valence-corrected chi connectivity index (χ3v) is 2.88. The molecule has 0 aromatic heterocycles. The van der Waals surface area contributed by atoms with Crippen LogP contribution < -0.4 is 14.8 Å². The maximum absolute atomic E-state index is 12.0. The molecule has 1 amide bonds. The maximum Gasteiger partial charge on any atom is 0.408 e. The molecule has 23 heavy (non-hydrogen) atoms. The number of hydrogen-bond acceptors (Lipinski definition) is 5. The second-order valence-electron chi connectivity index (χ2n) is 5.88. The Morgan fingerprint density at radius 2 is 1.87 bits per heavy atom. The number of hydrogen-bond donors (Lipinski definition) is 2. The molecule has 7 nitrogen and oxygen atoms in total. The molecule has 0 saturated carbocycles. The van der Waals surface area contributed by atoms with Crippen molar-refractivity contribution in [2.45, 2.75) is 38.8 Å². The first-order chi connectivity index (χ1) is 10.7. The molecule has 0 fully saturated rings. The first-order valence-corrected chi connectivity index (χ1v) is 7.10. The third-order valence-electron chi connectivity index (χ3n) is 2.88. The molecule has 7 heteroatoms. The monoisotopic (exact) mass is 325 g/mol. The van der Waals surface area contributed by atoms with Gasteiger partial charge in [0, 0.05) is 5.56 Å². The van der Waals surface area contributed by atoms with Crippen LogP contribution in [0.5, 0.6) is 11.5 Å². The number of methoxy groups -OCH3 is 2. The lowest BCUT2D eigenvalue weighted by Crippen LogP contribution is -2.36. The first-order valence-electron chi connectivity index (χ1n) is 7.10. The number of para-hydroxylation sites is 1. The summed E-state index contributed by atoms with van der Waals surface area (Å²) in [6.45, 7) is 5.18. The Bertz CT molecular complexity index is 564. The summed E-state index contributed by atoms with van der Waals surface area (Å²) < 4.78 is 15.7. The third kappa shape index (κ3) is 5.69. The van der Waals surface area contributed by atoms with Crippen LogP contribution in [0.4, 0.5) is 4.79 Å². The Morgan fingerprint density at radius 1 is 1.22 bits per heavy atom. The van der Waals surface area contributed by atoms with Crippen LogP contribution in [-0.2, 0) is 9.53 Å².